The second-order valence-electron chi connectivity index (χ2n) is 10.2. The molecule has 0 spiro atoms. The molecule has 0 unspecified atom stereocenters. The molecule has 3 atom stereocenters. The van der Waals surface area contributed by atoms with Gasteiger partial charge in [0.05, 0.1) is 42.4 Å². The van der Waals surface area contributed by atoms with E-state index in [0.717, 1.165) is 0 Å². The topological polar surface area (TPSA) is 138 Å². The zero-order valence-corrected chi connectivity index (χ0v) is 24.8. The second kappa shape index (κ2) is 13.2. The normalized spacial score (nSPS) is 17.9. The Balaban J connectivity index is 1.67. The quantitative estimate of drug-likeness (QED) is 0.341. The minimum absolute atomic E-state index is 0.0280. The number of rotatable bonds is 9. The number of anilines is 2. The number of hydrogen-bond donors (Lipinski definition) is 3. The molecule has 0 fully saturated rings. The summed E-state index contributed by atoms with van der Waals surface area (Å²) in [5.74, 6) is 0.0370. The number of likely N-dealkylation sites (N-methyl/N-ethyl adjacent to an activating group) is 1. The number of fused-ring (bicyclic) bond motifs is 1. The van der Waals surface area contributed by atoms with Crippen LogP contribution in [0.5, 0.6) is 11.5 Å². The van der Waals surface area contributed by atoms with Crippen molar-refractivity contribution in [3.63, 3.8) is 0 Å². The summed E-state index contributed by atoms with van der Waals surface area (Å²) in [5, 5.41) is 15.4. The van der Waals surface area contributed by atoms with Gasteiger partial charge in [-0.1, -0.05) is 31.2 Å². The molecule has 4 rings (SSSR count). The molecular weight excluding hydrogens is 560 g/mol. The number of carbonyl (C=O) groups is 2. The molecule has 3 N–H and O–H groups in total. The molecule has 0 aliphatic carbocycles. The van der Waals surface area contributed by atoms with Gasteiger partial charge in [-0.3, -0.25) is 4.79 Å². The molecule has 1 aliphatic rings. The molecule has 0 aromatic heterocycles. The van der Waals surface area contributed by atoms with E-state index in [2.05, 4.69) is 10.6 Å². The van der Waals surface area contributed by atoms with E-state index in [-0.39, 0.29) is 53.4 Å². The van der Waals surface area contributed by atoms with Crippen LogP contribution in [0.4, 0.5) is 16.2 Å². The van der Waals surface area contributed by atoms with Crippen LogP contribution in [0, 0.1) is 5.92 Å². The molecule has 0 radical (unpaired) electrons. The van der Waals surface area contributed by atoms with Crippen LogP contribution in [-0.4, -0.2) is 80.7 Å². The number of benzene rings is 3. The number of sulfonamides is 1. The monoisotopic (exact) mass is 596 g/mol. The summed E-state index contributed by atoms with van der Waals surface area (Å²) in [4.78, 5) is 28.3. The van der Waals surface area contributed by atoms with Crippen LogP contribution in [-0.2, 0) is 10.0 Å². The van der Waals surface area contributed by atoms with Gasteiger partial charge in [-0.25, -0.2) is 13.2 Å². The Hall–Kier alpha value is -4.13. The largest absolute Gasteiger partial charge is 0.497 e. The smallest absolute Gasteiger partial charge is 0.323 e. The molecule has 3 amide bonds. The van der Waals surface area contributed by atoms with Gasteiger partial charge in [0.2, 0.25) is 10.0 Å². The van der Waals surface area contributed by atoms with Gasteiger partial charge in [0.25, 0.3) is 5.91 Å². The van der Waals surface area contributed by atoms with Gasteiger partial charge in [-0.15, -0.1) is 0 Å². The summed E-state index contributed by atoms with van der Waals surface area (Å²) in [7, 11) is -0.807. The summed E-state index contributed by atoms with van der Waals surface area (Å²) in [6.45, 7) is 3.52. The van der Waals surface area contributed by atoms with Gasteiger partial charge in [0.1, 0.15) is 11.9 Å². The van der Waals surface area contributed by atoms with Crippen molar-refractivity contribution in [3.05, 3.63) is 78.4 Å². The van der Waals surface area contributed by atoms with Crippen molar-refractivity contribution in [2.24, 2.45) is 5.92 Å². The molecule has 12 heteroatoms. The molecular formula is C30H36N4O7S. The lowest BCUT2D eigenvalue weighted by atomic mass is 9.99. The van der Waals surface area contributed by atoms with E-state index in [9.17, 15) is 23.1 Å². The first-order valence-electron chi connectivity index (χ1n) is 13.5. The number of ether oxygens (including phenoxy) is 2. The van der Waals surface area contributed by atoms with Gasteiger partial charge in [0, 0.05) is 25.2 Å². The van der Waals surface area contributed by atoms with Crippen molar-refractivity contribution in [3.8, 4) is 11.5 Å². The highest BCUT2D eigenvalue weighted by Crippen LogP contribution is 2.35. The number of carbonyl (C=O) groups excluding carboxylic acids is 2. The Morgan fingerprint density at radius 2 is 1.79 bits per heavy atom. The van der Waals surface area contributed by atoms with Crippen molar-refractivity contribution in [2.75, 3.05) is 44.5 Å². The summed E-state index contributed by atoms with van der Waals surface area (Å²) in [6, 6.07) is 18.6. The maximum atomic E-state index is 13.7. The standard InChI is InChI=1S/C30H36N4O7S/c1-20-17-34(21(2)19-35)29(36)25-11-8-12-26(32-30(37)31-22-13-15-23(40-4)16-14-22)28(25)41-27(20)18-33(3)42(38,39)24-9-6-5-7-10-24/h5-16,20-21,27,35H,17-19H2,1-4H3,(H2,31,32,37)/t20-,21+,27-/m1/s1. The van der Waals surface area contributed by atoms with Crippen LogP contribution >= 0.6 is 0 Å². The third-order valence-electron chi connectivity index (χ3n) is 7.18. The van der Waals surface area contributed by atoms with E-state index in [1.807, 2.05) is 6.92 Å². The van der Waals surface area contributed by atoms with E-state index in [0.29, 0.717) is 11.4 Å². The predicted molar refractivity (Wildman–Crippen MR) is 159 cm³/mol. The average Bonchev–Trinajstić information content (AvgIpc) is 2.99. The first kappa shape index (κ1) is 30.8. The number of aliphatic hydroxyl groups excluding tert-OH is 1. The van der Waals surface area contributed by atoms with Crippen LogP contribution in [0.2, 0.25) is 0 Å². The van der Waals surface area contributed by atoms with Gasteiger partial charge in [-0.05, 0) is 55.5 Å². The maximum absolute atomic E-state index is 13.7. The van der Waals surface area contributed by atoms with E-state index in [1.54, 1.807) is 79.6 Å². The number of aliphatic hydroxyl groups is 1. The minimum Gasteiger partial charge on any atom is -0.497 e. The summed E-state index contributed by atoms with van der Waals surface area (Å²) in [6.07, 6.45) is -0.707. The van der Waals surface area contributed by atoms with Crippen LogP contribution in [0.1, 0.15) is 24.2 Å². The number of urea groups is 1. The first-order valence-corrected chi connectivity index (χ1v) is 14.9. The zero-order chi connectivity index (χ0) is 30.4. The van der Waals surface area contributed by atoms with Crippen molar-refractivity contribution in [1.82, 2.24) is 9.21 Å². The molecule has 224 valence electrons. The highest BCUT2D eigenvalue weighted by molar-refractivity contribution is 7.89. The molecule has 0 bridgehead atoms. The highest BCUT2D eigenvalue weighted by atomic mass is 32.2. The van der Waals surface area contributed by atoms with Gasteiger partial charge < -0.3 is 30.1 Å². The Morgan fingerprint density at radius 1 is 1.10 bits per heavy atom. The van der Waals surface area contributed by atoms with Crippen molar-refractivity contribution in [1.29, 1.82) is 0 Å². The molecule has 1 aliphatic heterocycles. The first-order chi connectivity index (χ1) is 20.0. The van der Waals surface area contributed by atoms with Crippen LogP contribution in [0.25, 0.3) is 0 Å². The molecule has 3 aromatic carbocycles. The average molecular weight is 597 g/mol. The highest BCUT2D eigenvalue weighted by Gasteiger charge is 2.36. The van der Waals surface area contributed by atoms with E-state index in [1.165, 1.54) is 23.5 Å². The molecule has 0 saturated heterocycles. The number of hydrogen-bond acceptors (Lipinski definition) is 7. The third kappa shape index (κ3) is 6.84. The number of methoxy groups -OCH3 is 1. The summed E-state index contributed by atoms with van der Waals surface area (Å²) < 4.78 is 39.4. The van der Waals surface area contributed by atoms with Crippen LogP contribution < -0.4 is 20.1 Å². The molecule has 0 saturated carbocycles. The SMILES string of the molecule is COc1ccc(NC(=O)Nc2cccc3c2O[C@H](CN(C)S(=O)(=O)c2ccccc2)[C@H](C)CN([C@@H](C)CO)C3=O)cc1. The molecule has 11 nitrogen and oxygen atoms in total. The lowest BCUT2D eigenvalue weighted by molar-refractivity contribution is 0.0389. The molecule has 3 aromatic rings. The Morgan fingerprint density at radius 3 is 2.43 bits per heavy atom. The Kier molecular flexibility index (Phi) is 9.71. The molecule has 42 heavy (non-hydrogen) atoms. The number of nitrogens with one attached hydrogen (secondary N) is 2. The Labute approximate surface area is 246 Å². The lowest BCUT2D eigenvalue weighted by Gasteiger charge is -2.38. The van der Waals surface area contributed by atoms with Crippen molar-refractivity contribution in [2.45, 2.75) is 30.9 Å². The van der Waals surface area contributed by atoms with Crippen LogP contribution in [0.15, 0.2) is 77.7 Å². The fraction of sp³-hybridized carbons (Fsp3) is 0.333. The van der Waals surface area contributed by atoms with Gasteiger partial charge in [0.15, 0.2) is 5.75 Å². The second-order valence-corrected chi connectivity index (χ2v) is 12.3. The number of nitrogens with zero attached hydrogens (tertiary/aromatic N) is 2. The van der Waals surface area contributed by atoms with Crippen molar-refractivity contribution < 1.29 is 32.6 Å². The Bertz CT molecular complexity index is 1500. The minimum atomic E-state index is -3.83. The fourth-order valence-corrected chi connectivity index (χ4v) is 5.85. The van der Waals surface area contributed by atoms with E-state index >= 15 is 0 Å². The fourth-order valence-electron chi connectivity index (χ4n) is 4.64. The molecule has 1 heterocycles. The number of amides is 3. The predicted octanol–water partition coefficient (Wildman–Crippen LogP) is 3.88. The van der Waals surface area contributed by atoms with Gasteiger partial charge >= 0.3 is 6.03 Å². The van der Waals surface area contributed by atoms with Gasteiger partial charge in [-0.2, -0.15) is 4.31 Å². The zero-order valence-electron chi connectivity index (χ0n) is 24.0. The third-order valence-corrected chi connectivity index (χ3v) is 9.01. The van der Waals surface area contributed by atoms with Crippen LogP contribution in [0.3, 0.4) is 0 Å². The lowest BCUT2D eigenvalue weighted by Crippen LogP contribution is -2.50. The maximum Gasteiger partial charge on any atom is 0.323 e. The van der Waals surface area contributed by atoms with E-state index in [4.69, 9.17) is 9.47 Å². The van der Waals surface area contributed by atoms with Crippen molar-refractivity contribution >= 4 is 33.3 Å². The number of para-hydroxylation sites is 1. The summed E-state index contributed by atoms with van der Waals surface area (Å²) >= 11 is 0. The summed E-state index contributed by atoms with van der Waals surface area (Å²) in [5.41, 5.74) is 0.936. The van der Waals surface area contributed by atoms with E-state index < -0.39 is 28.2 Å².